The summed E-state index contributed by atoms with van der Waals surface area (Å²) in [7, 11) is -2.44. The number of hydrogen-bond acceptors (Lipinski definition) is 6. The van der Waals surface area contributed by atoms with Gasteiger partial charge in [0.1, 0.15) is 11.4 Å². The Labute approximate surface area is 121 Å². The molecule has 11 heteroatoms. The number of aliphatic carboxylic acids is 1. The molecule has 0 aliphatic rings. The van der Waals surface area contributed by atoms with Crippen LogP contribution in [0.5, 0.6) is 0 Å². The minimum Gasteiger partial charge on any atom is -0.480 e. The predicted octanol–water partition coefficient (Wildman–Crippen LogP) is -1.99. The van der Waals surface area contributed by atoms with Gasteiger partial charge in [-0.3, -0.25) is 14.3 Å². The number of hydrogen-bond donors (Lipinski definition) is 3. The van der Waals surface area contributed by atoms with Crippen molar-refractivity contribution < 1.29 is 27.9 Å². The van der Waals surface area contributed by atoms with Crippen LogP contribution in [0.4, 0.5) is 0 Å². The van der Waals surface area contributed by atoms with Gasteiger partial charge >= 0.3 is 5.97 Å². The van der Waals surface area contributed by atoms with Crippen LogP contribution in [0.2, 0.25) is 0 Å². The molecule has 10 nitrogen and oxygen atoms in total. The van der Waals surface area contributed by atoms with Crippen molar-refractivity contribution >= 4 is 21.9 Å². The highest BCUT2D eigenvalue weighted by Crippen LogP contribution is 2.06. The van der Waals surface area contributed by atoms with Crippen molar-refractivity contribution in [1.29, 1.82) is 0 Å². The molecule has 0 saturated carbocycles. The number of carbonyl (C=O) groups excluding carboxylic acids is 1. The van der Waals surface area contributed by atoms with Crippen LogP contribution < -0.4 is 10.0 Å². The van der Waals surface area contributed by atoms with E-state index in [1.165, 1.54) is 7.11 Å². The second kappa shape index (κ2) is 7.71. The van der Waals surface area contributed by atoms with E-state index in [-0.39, 0.29) is 11.4 Å². The van der Waals surface area contributed by atoms with Crippen molar-refractivity contribution in [3.8, 4) is 0 Å². The SMILES string of the molecule is COCCNC(=O)CNS(=O)(=O)c1cnn(CC(=O)O)c1. The van der Waals surface area contributed by atoms with Crippen molar-refractivity contribution in [2.75, 3.05) is 26.8 Å². The topological polar surface area (TPSA) is 140 Å². The minimum atomic E-state index is -3.92. The second-order valence-corrected chi connectivity index (χ2v) is 5.70. The number of amides is 1. The highest BCUT2D eigenvalue weighted by Gasteiger charge is 2.18. The van der Waals surface area contributed by atoms with Crippen LogP contribution in [0.15, 0.2) is 17.3 Å². The van der Waals surface area contributed by atoms with Crippen LogP contribution in [-0.2, 0) is 30.9 Å². The number of carbonyl (C=O) groups is 2. The maximum atomic E-state index is 11.8. The number of rotatable bonds is 9. The number of carboxylic acid groups (broad SMARTS) is 1. The molecule has 0 fully saturated rings. The quantitative estimate of drug-likeness (QED) is 0.447. The van der Waals surface area contributed by atoms with E-state index in [2.05, 4.69) is 15.1 Å². The Morgan fingerprint density at radius 2 is 2.19 bits per heavy atom. The standard InChI is InChI=1S/C10H16N4O6S/c1-20-3-2-11-9(15)5-13-21(18,19)8-4-12-14(6-8)7-10(16)17/h4,6,13H,2-3,5,7H2,1H3,(H,11,15)(H,16,17). The molecule has 0 radical (unpaired) electrons. The van der Waals surface area contributed by atoms with E-state index in [1.807, 2.05) is 0 Å². The molecule has 0 aromatic carbocycles. The van der Waals surface area contributed by atoms with Crippen LogP contribution in [0, 0.1) is 0 Å². The van der Waals surface area contributed by atoms with Gasteiger partial charge in [0.15, 0.2) is 0 Å². The zero-order valence-electron chi connectivity index (χ0n) is 11.3. The molecule has 0 atom stereocenters. The number of methoxy groups -OCH3 is 1. The van der Waals surface area contributed by atoms with Gasteiger partial charge in [0.05, 0.1) is 19.3 Å². The molecule has 0 aliphatic carbocycles. The highest BCUT2D eigenvalue weighted by molar-refractivity contribution is 7.89. The van der Waals surface area contributed by atoms with Gasteiger partial charge in [0.2, 0.25) is 15.9 Å². The Kier molecular flexibility index (Phi) is 6.27. The molecule has 0 saturated heterocycles. The van der Waals surface area contributed by atoms with Gasteiger partial charge < -0.3 is 15.2 Å². The lowest BCUT2D eigenvalue weighted by atomic mass is 10.6. The van der Waals surface area contributed by atoms with E-state index in [4.69, 9.17) is 9.84 Å². The fourth-order valence-electron chi connectivity index (χ4n) is 1.31. The summed E-state index contributed by atoms with van der Waals surface area (Å²) in [6.07, 6.45) is 2.08. The number of carboxylic acids is 1. The van der Waals surface area contributed by atoms with E-state index in [1.54, 1.807) is 0 Å². The number of ether oxygens (including phenoxy) is 1. The van der Waals surface area contributed by atoms with E-state index in [0.29, 0.717) is 6.61 Å². The first-order valence-corrected chi connectivity index (χ1v) is 7.33. The fourth-order valence-corrected chi connectivity index (χ4v) is 2.24. The van der Waals surface area contributed by atoms with Crippen molar-refractivity contribution in [1.82, 2.24) is 19.8 Å². The Bertz CT molecular complexity index is 596. The van der Waals surface area contributed by atoms with Gasteiger partial charge in [-0.1, -0.05) is 0 Å². The Morgan fingerprint density at radius 1 is 1.48 bits per heavy atom. The van der Waals surface area contributed by atoms with Crippen LogP contribution in [-0.4, -0.2) is 62.0 Å². The normalized spacial score (nSPS) is 11.3. The molecule has 1 amide bonds. The first-order chi connectivity index (χ1) is 9.85. The molecular weight excluding hydrogens is 304 g/mol. The maximum Gasteiger partial charge on any atom is 0.325 e. The van der Waals surface area contributed by atoms with E-state index >= 15 is 0 Å². The minimum absolute atomic E-state index is 0.214. The fraction of sp³-hybridized carbons (Fsp3) is 0.500. The molecule has 1 rings (SSSR count). The van der Waals surface area contributed by atoms with E-state index in [9.17, 15) is 18.0 Å². The van der Waals surface area contributed by atoms with Gasteiger partial charge in [-0.25, -0.2) is 13.1 Å². The number of sulfonamides is 1. The number of nitrogens with zero attached hydrogens (tertiary/aromatic N) is 2. The lowest BCUT2D eigenvalue weighted by Crippen LogP contribution is -2.38. The third kappa shape index (κ3) is 5.89. The van der Waals surface area contributed by atoms with Gasteiger partial charge in [0.25, 0.3) is 0 Å². The third-order valence-electron chi connectivity index (χ3n) is 2.27. The molecule has 1 aromatic heterocycles. The molecule has 0 unspecified atom stereocenters. The van der Waals surface area contributed by atoms with Crippen molar-refractivity contribution in [3.63, 3.8) is 0 Å². The molecule has 21 heavy (non-hydrogen) atoms. The Hall–Kier alpha value is -1.98. The smallest absolute Gasteiger partial charge is 0.325 e. The molecule has 3 N–H and O–H groups in total. The molecule has 0 spiro atoms. The van der Waals surface area contributed by atoms with Crippen molar-refractivity contribution in [2.24, 2.45) is 0 Å². The molecule has 0 bridgehead atoms. The summed E-state index contributed by atoms with van der Waals surface area (Å²) in [5.74, 6) is -1.65. The van der Waals surface area contributed by atoms with Gasteiger partial charge in [-0.05, 0) is 0 Å². The molecule has 1 aromatic rings. The number of aromatic nitrogens is 2. The average Bonchev–Trinajstić information content (AvgIpc) is 2.85. The summed E-state index contributed by atoms with van der Waals surface area (Å²) in [6, 6.07) is 0. The highest BCUT2D eigenvalue weighted by atomic mass is 32.2. The maximum absolute atomic E-state index is 11.8. The van der Waals surface area contributed by atoms with E-state index in [0.717, 1.165) is 17.1 Å². The van der Waals surface area contributed by atoms with Crippen LogP contribution in [0.25, 0.3) is 0 Å². The van der Waals surface area contributed by atoms with Crippen LogP contribution in [0.1, 0.15) is 0 Å². The monoisotopic (exact) mass is 320 g/mol. The molecule has 118 valence electrons. The summed E-state index contributed by atoms with van der Waals surface area (Å²) in [6.45, 7) is -0.294. The summed E-state index contributed by atoms with van der Waals surface area (Å²) < 4.78 is 31.5. The van der Waals surface area contributed by atoms with Crippen molar-refractivity contribution in [3.05, 3.63) is 12.4 Å². The zero-order valence-corrected chi connectivity index (χ0v) is 12.1. The first-order valence-electron chi connectivity index (χ1n) is 5.84. The molecule has 1 heterocycles. The second-order valence-electron chi connectivity index (χ2n) is 3.93. The summed E-state index contributed by atoms with van der Waals surface area (Å²) in [5, 5.41) is 14.6. The summed E-state index contributed by atoms with van der Waals surface area (Å²) in [5.41, 5.74) is 0. The lowest BCUT2D eigenvalue weighted by molar-refractivity contribution is -0.137. The largest absolute Gasteiger partial charge is 0.480 e. The third-order valence-corrected chi connectivity index (χ3v) is 3.62. The molecule has 0 aliphatic heterocycles. The van der Waals surface area contributed by atoms with Crippen molar-refractivity contribution in [2.45, 2.75) is 11.4 Å². The lowest BCUT2D eigenvalue weighted by Gasteiger charge is -2.06. The predicted molar refractivity (Wildman–Crippen MR) is 69.9 cm³/mol. The zero-order chi connectivity index (χ0) is 15.9. The van der Waals surface area contributed by atoms with Crippen LogP contribution >= 0.6 is 0 Å². The average molecular weight is 320 g/mol. The first kappa shape index (κ1) is 17.1. The number of nitrogens with one attached hydrogen (secondary N) is 2. The van der Waals surface area contributed by atoms with Gasteiger partial charge in [-0.15, -0.1) is 0 Å². The van der Waals surface area contributed by atoms with Gasteiger partial charge in [-0.2, -0.15) is 5.10 Å². The van der Waals surface area contributed by atoms with Gasteiger partial charge in [0, 0.05) is 19.9 Å². The van der Waals surface area contributed by atoms with Crippen LogP contribution in [0.3, 0.4) is 0 Å². The Balaban J connectivity index is 2.55. The van der Waals surface area contributed by atoms with E-state index < -0.39 is 35.0 Å². The summed E-state index contributed by atoms with van der Waals surface area (Å²) >= 11 is 0. The Morgan fingerprint density at radius 3 is 2.81 bits per heavy atom. The summed E-state index contributed by atoms with van der Waals surface area (Å²) in [4.78, 5) is 21.6. The molecular formula is C10H16N4O6S.